The van der Waals surface area contributed by atoms with Crippen molar-refractivity contribution in [3.05, 3.63) is 70.8 Å². The van der Waals surface area contributed by atoms with E-state index in [2.05, 4.69) is 13.0 Å². The lowest BCUT2D eigenvalue weighted by Gasteiger charge is -2.06. The first-order valence-corrected chi connectivity index (χ1v) is 7.48. The van der Waals surface area contributed by atoms with Gasteiger partial charge in [0, 0.05) is 0 Å². The van der Waals surface area contributed by atoms with Gasteiger partial charge in [0.1, 0.15) is 0 Å². The molecular weight excluding hydrogens is 274 g/mol. The summed E-state index contributed by atoms with van der Waals surface area (Å²) in [6.45, 7) is 2.53. The number of rotatable bonds is 6. The molecule has 0 radical (unpaired) electrons. The average molecular weight is 293 g/mol. The van der Waals surface area contributed by atoms with E-state index < -0.39 is 0 Å². The molecule has 0 spiro atoms. The molecule has 0 saturated carbocycles. The van der Waals surface area contributed by atoms with E-state index in [0.717, 1.165) is 30.4 Å². The van der Waals surface area contributed by atoms with Crippen molar-refractivity contribution in [3.8, 4) is 6.07 Å². The maximum Gasteiger partial charge on any atom is 0.338 e. The highest BCUT2D eigenvalue weighted by atomic mass is 16.5. The summed E-state index contributed by atoms with van der Waals surface area (Å²) in [6, 6.07) is 17.1. The van der Waals surface area contributed by atoms with Gasteiger partial charge in [-0.2, -0.15) is 5.26 Å². The van der Waals surface area contributed by atoms with Gasteiger partial charge in [-0.25, -0.2) is 4.79 Å². The molecule has 0 aliphatic rings. The van der Waals surface area contributed by atoms with Gasteiger partial charge in [-0.15, -0.1) is 0 Å². The summed E-state index contributed by atoms with van der Waals surface area (Å²) in [7, 11) is 0. The predicted molar refractivity (Wildman–Crippen MR) is 85.6 cm³/mol. The smallest absolute Gasteiger partial charge is 0.338 e. The fraction of sp³-hybridized carbons (Fsp3) is 0.263. The molecule has 0 fully saturated rings. The number of carbonyl (C=O) groups excluding carboxylic acids is 1. The Balaban J connectivity index is 2.04. The van der Waals surface area contributed by atoms with E-state index in [1.165, 1.54) is 0 Å². The molecule has 0 aromatic heterocycles. The number of carbonyl (C=O) groups is 1. The van der Waals surface area contributed by atoms with Crippen LogP contribution in [0.3, 0.4) is 0 Å². The van der Waals surface area contributed by atoms with Crippen LogP contribution in [-0.4, -0.2) is 12.6 Å². The molecule has 0 unspecified atom stereocenters. The van der Waals surface area contributed by atoms with Crippen molar-refractivity contribution in [2.75, 3.05) is 6.61 Å². The quantitative estimate of drug-likeness (QED) is 0.595. The molecular formula is C19H19NO2. The predicted octanol–water partition coefficient (Wildman–Crippen LogP) is 4.11. The van der Waals surface area contributed by atoms with Crippen molar-refractivity contribution in [1.29, 1.82) is 5.26 Å². The molecule has 3 nitrogen and oxygen atoms in total. The fourth-order valence-corrected chi connectivity index (χ4v) is 2.13. The number of hydrogen-bond acceptors (Lipinski definition) is 3. The Morgan fingerprint density at radius 3 is 2.59 bits per heavy atom. The summed E-state index contributed by atoms with van der Waals surface area (Å²) in [5.41, 5.74) is 3.39. The Bertz CT molecular complexity index is 669. The molecule has 0 bridgehead atoms. The van der Waals surface area contributed by atoms with E-state index in [0.29, 0.717) is 17.7 Å². The van der Waals surface area contributed by atoms with Gasteiger partial charge in [0.05, 0.1) is 23.8 Å². The van der Waals surface area contributed by atoms with Gasteiger partial charge in [-0.1, -0.05) is 37.6 Å². The van der Waals surface area contributed by atoms with Gasteiger partial charge < -0.3 is 4.74 Å². The third-order valence-electron chi connectivity index (χ3n) is 3.39. The first-order chi connectivity index (χ1) is 10.7. The molecule has 0 saturated heterocycles. The second-order valence-electron chi connectivity index (χ2n) is 5.18. The number of hydrogen-bond donors (Lipinski definition) is 0. The Morgan fingerprint density at radius 1 is 1.14 bits per heavy atom. The van der Waals surface area contributed by atoms with E-state index >= 15 is 0 Å². The molecule has 0 atom stereocenters. The third kappa shape index (κ3) is 4.46. The number of unbranched alkanes of at least 4 members (excludes halogenated alkanes) is 1. The SMILES string of the molecule is CCCCOC(=O)c1cccc(Cc2ccc(C#N)cc2)c1. The molecule has 22 heavy (non-hydrogen) atoms. The lowest BCUT2D eigenvalue weighted by molar-refractivity contribution is 0.0499. The first kappa shape index (κ1) is 15.8. The van der Waals surface area contributed by atoms with E-state index in [-0.39, 0.29) is 5.97 Å². The summed E-state index contributed by atoms with van der Waals surface area (Å²) < 4.78 is 5.23. The van der Waals surface area contributed by atoms with Crippen LogP contribution >= 0.6 is 0 Å². The van der Waals surface area contributed by atoms with Crippen LogP contribution in [0.4, 0.5) is 0 Å². The van der Waals surface area contributed by atoms with Crippen molar-refractivity contribution in [3.63, 3.8) is 0 Å². The first-order valence-electron chi connectivity index (χ1n) is 7.48. The van der Waals surface area contributed by atoms with Crippen LogP contribution in [0, 0.1) is 11.3 Å². The lowest BCUT2D eigenvalue weighted by atomic mass is 10.0. The van der Waals surface area contributed by atoms with Crippen molar-refractivity contribution >= 4 is 5.97 Å². The van der Waals surface area contributed by atoms with Gasteiger partial charge in [-0.3, -0.25) is 0 Å². The summed E-state index contributed by atoms with van der Waals surface area (Å²) in [5.74, 6) is -0.268. The molecule has 0 aliphatic carbocycles. The van der Waals surface area contributed by atoms with Crippen LogP contribution in [0.5, 0.6) is 0 Å². The minimum Gasteiger partial charge on any atom is -0.462 e. The fourth-order valence-electron chi connectivity index (χ4n) is 2.13. The normalized spacial score (nSPS) is 10.0. The summed E-state index contributed by atoms with van der Waals surface area (Å²) in [5, 5.41) is 8.80. The van der Waals surface area contributed by atoms with Crippen molar-refractivity contribution in [1.82, 2.24) is 0 Å². The van der Waals surface area contributed by atoms with Crippen LogP contribution in [-0.2, 0) is 11.2 Å². The Kier molecular flexibility index (Phi) is 5.73. The van der Waals surface area contributed by atoms with Gasteiger partial charge in [0.25, 0.3) is 0 Å². The van der Waals surface area contributed by atoms with Gasteiger partial charge in [0.2, 0.25) is 0 Å². The Labute approximate surface area is 131 Å². The standard InChI is InChI=1S/C19H19NO2/c1-2-3-11-22-19(21)18-6-4-5-17(13-18)12-15-7-9-16(14-20)10-8-15/h4-10,13H,2-3,11-12H2,1H3. The van der Waals surface area contributed by atoms with Crippen molar-refractivity contribution in [2.45, 2.75) is 26.2 Å². The Hall–Kier alpha value is -2.60. The van der Waals surface area contributed by atoms with Crippen LogP contribution in [0.15, 0.2) is 48.5 Å². The highest BCUT2D eigenvalue weighted by Crippen LogP contribution is 2.13. The molecule has 0 heterocycles. The van der Waals surface area contributed by atoms with Crippen molar-refractivity contribution in [2.24, 2.45) is 0 Å². The van der Waals surface area contributed by atoms with Crippen LogP contribution in [0.25, 0.3) is 0 Å². The van der Waals surface area contributed by atoms with E-state index in [4.69, 9.17) is 10.00 Å². The minimum absolute atomic E-state index is 0.268. The summed E-state index contributed by atoms with van der Waals surface area (Å²) >= 11 is 0. The molecule has 0 amide bonds. The van der Waals surface area contributed by atoms with Crippen molar-refractivity contribution < 1.29 is 9.53 Å². The highest BCUT2D eigenvalue weighted by molar-refractivity contribution is 5.89. The van der Waals surface area contributed by atoms with Gasteiger partial charge >= 0.3 is 5.97 Å². The zero-order valence-electron chi connectivity index (χ0n) is 12.7. The molecule has 2 aromatic carbocycles. The van der Waals surface area contributed by atoms with Crippen LogP contribution < -0.4 is 0 Å². The number of esters is 1. The van der Waals surface area contributed by atoms with Gasteiger partial charge in [-0.05, 0) is 48.2 Å². The van der Waals surface area contributed by atoms with E-state index in [1.54, 1.807) is 18.2 Å². The average Bonchev–Trinajstić information content (AvgIpc) is 2.56. The largest absolute Gasteiger partial charge is 0.462 e. The number of nitriles is 1. The van der Waals surface area contributed by atoms with E-state index in [9.17, 15) is 4.79 Å². The summed E-state index contributed by atoms with van der Waals surface area (Å²) in [4.78, 5) is 11.9. The monoisotopic (exact) mass is 293 g/mol. The van der Waals surface area contributed by atoms with Gasteiger partial charge in [0.15, 0.2) is 0 Å². The number of ether oxygens (including phenoxy) is 1. The molecule has 3 heteroatoms. The maximum atomic E-state index is 11.9. The second-order valence-corrected chi connectivity index (χ2v) is 5.18. The van der Waals surface area contributed by atoms with Crippen LogP contribution in [0.2, 0.25) is 0 Å². The maximum absolute atomic E-state index is 11.9. The molecule has 112 valence electrons. The second kappa shape index (κ2) is 7.99. The molecule has 2 aromatic rings. The molecule has 0 aliphatic heterocycles. The molecule has 2 rings (SSSR count). The van der Waals surface area contributed by atoms with E-state index in [1.807, 2.05) is 30.3 Å². The minimum atomic E-state index is -0.268. The zero-order valence-corrected chi connectivity index (χ0v) is 12.7. The zero-order chi connectivity index (χ0) is 15.8. The Morgan fingerprint density at radius 2 is 1.91 bits per heavy atom. The third-order valence-corrected chi connectivity index (χ3v) is 3.39. The highest BCUT2D eigenvalue weighted by Gasteiger charge is 2.07. The number of benzene rings is 2. The molecule has 0 N–H and O–H groups in total. The van der Waals surface area contributed by atoms with Crippen LogP contribution in [0.1, 0.15) is 46.8 Å². The number of nitrogens with zero attached hydrogens (tertiary/aromatic N) is 1. The topological polar surface area (TPSA) is 50.1 Å². The lowest BCUT2D eigenvalue weighted by Crippen LogP contribution is -2.06. The summed E-state index contributed by atoms with van der Waals surface area (Å²) in [6.07, 6.45) is 2.62.